The molecule has 0 N–H and O–H groups in total. The van der Waals surface area contributed by atoms with Crippen LogP contribution in [0.2, 0.25) is 0 Å². The predicted octanol–water partition coefficient (Wildman–Crippen LogP) is 2.85. The van der Waals surface area contributed by atoms with Crippen molar-refractivity contribution in [1.29, 1.82) is 0 Å². The second kappa shape index (κ2) is 4.96. The Labute approximate surface area is 91.3 Å². The normalized spacial score (nSPS) is 14.3. The molecule has 1 aromatic carbocycles. The number of carbonyl (C=O) groups is 1. The fourth-order valence-electron chi connectivity index (χ4n) is 1.46. The highest BCUT2D eigenvalue weighted by Crippen LogP contribution is 2.24. The van der Waals surface area contributed by atoms with Gasteiger partial charge in [-0.15, -0.1) is 0 Å². The van der Waals surface area contributed by atoms with E-state index >= 15 is 0 Å². The first-order valence-electron chi connectivity index (χ1n) is 5.23. The summed E-state index contributed by atoms with van der Waals surface area (Å²) in [5.74, 6) is 0.850. The van der Waals surface area contributed by atoms with Gasteiger partial charge in [0.1, 0.15) is 12.0 Å². The molecular formula is C13H18O2. The number of aldehydes is 1. The van der Waals surface area contributed by atoms with Crippen LogP contribution in [0.25, 0.3) is 0 Å². The maximum Gasteiger partial charge on any atom is 0.126 e. The monoisotopic (exact) mass is 206 g/mol. The average Bonchev–Trinajstić information content (AvgIpc) is 2.30. The van der Waals surface area contributed by atoms with Gasteiger partial charge in [0.05, 0.1) is 7.11 Å². The Morgan fingerprint density at radius 2 is 1.93 bits per heavy atom. The molecule has 15 heavy (non-hydrogen) atoms. The van der Waals surface area contributed by atoms with Crippen molar-refractivity contribution in [1.82, 2.24) is 0 Å². The number of ether oxygens (including phenoxy) is 1. The third-order valence-electron chi connectivity index (χ3n) is 2.86. The smallest absolute Gasteiger partial charge is 0.126 e. The zero-order chi connectivity index (χ0) is 11.3. The summed E-state index contributed by atoms with van der Waals surface area (Å²) in [6.45, 7) is 4.03. The van der Waals surface area contributed by atoms with E-state index in [4.69, 9.17) is 4.74 Å². The van der Waals surface area contributed by atoms with Crippen molar-refractivity contribution < 1.29 is 9.53 Å². The molecule has 0 radical (unpaired) electrons. The minimum absolute atomic E-state index is 0.241. The van der Waals surface area contributed by atoms with Crippen molar-refractivity contribution in [2.24, 2.45) is 5.41 Å². The molecule has 0 spiro atoms. The number of rotatable bonds is 5. The van der Waals surface area contributed by atoms with Crippen LogP contribution in [-0.4, -0.2) is 13.4 Å². The summed E-state index contributed by atoms with van der Waals surface area (Å²) in [6.07, 6.45) is 2.71. The van der Waals surface area contributed by atoms with Crippen molar-refractivity contribution in [3.8, 4) is 5.75 Å². The second-order valence-electron chi connectivity index (χ2n) is 4.15. The van der Waals surface area contributed by atoms with E-state index in [1.165, 1.54) is 5.56 Å². The zero-order valence-electron chi connectivity index (χ0n) is 9.62. The third kappa shape index (κ3) is 3.08. The van der Waals surface area contributed by atoms with Crippen LogP contribution in [0.15, 0.2) is 24.3 Å². The van der Waals surface area contributed by atoms with Crippen molar-refractivity contribution in [3.63, 3.8) is 0 Å². The molecule has 0 aliphatic rings. The fourth-order valence-corrected chi connectivity index (χ4v) is 1.46. The molecule has 0 aliphatic carbocycles. The van der Waals surface area contributed by atoms with Crippen LogP contribution in [0, 0.1) is 5.41 Å². The number of benzene rings is 1. The van der Waals surface area contributed by atoms with Gasteiger partial charge in [-0.05, 0) is 30.5 Å². The summed E-state index contributed by atoms with van der Waals surface area (Å²) < 4.78 is 5.08. The summed E-state index contributed by atoms with van der Waals surface area (Å²) in [5, 5.41) is 0. The summed E-state index contributed by atoms with van der Waals surface area (Å²) in [6, 6.07) is 7.87. The molecule has 2 heteroatoms. The largest absolute Gasteiger partial charge is 0.497 e. The van der Waals surface area contributed by atoms with E-state index in [-0.39, 0.29) is 5.41 Å². The Balaban J connectivity index is 2.76. The van der Waals surface area contributed by atoms with E-state index in [1.54, 1.807) is 7.11 Å². The molecule has 1 atom stereocenters. The van der Waals surface area contributed by atoms with Gasteiger partial charge in [0.2, 0.25) is 0 Å². The van der Waals surface area contributed by atoms with Crippen LogP contribution in [0.5, 0.6) is 5.75 Å². The quantitative estimate of drug-likeness (QED) is 0.692. The zero-order valence-corrected chi connectivity index (χ0v) is 9.62. The predicted molar refractivity (Wildman–Crippen MR) is 61.2 cm³/mol. The van der Waals surface area contributed by atoms with E-state index in [2.05, 4.69) is 0 Å². The first kappa shape index (κ1) is 11.8. The molecule has 0 saturated carbocycles. The van der Waals surface area contributed by atoms with E-state index in [1.807, 2.05) is 38.1 Å². The lowest BCUT2D eigenvalue weighted by molar-refractivity contribution is -0.115. The van der Waals surface area contributed by atoms with Gasteiger partial charge in [-0.2, -0.15) is 0 Å². The van der Waals surface area contributed by atoms with E-state index in [9.17, 15) is 4.79 Å². The van der Waals surface area contributed by atoms with Crippen molar-refractivity contribution in [3.05, 3.63) is 29.8 Å². The molecule has 1 unspecified atom stereocenters. The number of hydrogen-bond donors (Lipinski definition) is 0. The molecule has 0 saturated heterocycles. The number of hydrogen-bond acceptors (Lipinski definition) is 2. The van der Waals surface area contributed by atoms with Gasteiger partial charge >= 0.3 is 0 Å². The van der Waals surface area contributed by atoms with Crippen molar-refractivity contribution in [2.75, 3.05) is 7.11 Å². The van der Waals surface area contributed by atoms with Crippen LogP contribution < -0.4 is 4.74 Å². The molecule has 0 amide bonds. The second-order valence-corrected chi connectivity index (χ2v) is 4.15. The third-order valence-corrected chi connectivity index (χ3v) is 2.86. The molecule has 0 aromatic heterocycles. The molecule has 0 bridgehead atoms. The van der Waals surface area contributed by atoms with Crippen LogP contribution in [0.3, 0.4) is 0 Å². The Morgan fingerprint density at radius 3 is 2.33 bits per heavy atom. The van der Waals surface area contributed by atoms with Gasteiger partial charge in [0, 0.05) is 5.41 Å². The van der Waals surface area contributed by atoms with Crippen LogP contribution in [0.4, 0.5) is 0 Å². The SMILES string of the molecule is CCC(C)(C=O)Cc1ccc(OC)cc1. The van der Waals surface area contributed by atoms with Crippen molar-refractivity contribution in [2.45, 2.75) is 26.7 Å². The average molecular weight is 206 g/mol. The van der Waals surface area contributed by atoms with Crippen LogP contribution >= 0.6 is 0 Å². The highest BCUT2D eigenvalue weighted by atomic mass is 16.5. The van der Waals surface area contributed by atoms with Crippen LogP contribution in [-0.2, 0) is 11.2 Å². The van der Waals surface area contributed by atoms with Gasteiger partial charge in [-0.3, -0.25) is 0 Å². The maximum absolute atomic E-state index is 11.0. The van der Waals surface area contributed by atoms with Gasteiger partial charge < -0.3 is 9.53 Å². The topological polar surface area (TPSA) is 26.3 Å². The molecule has 0 fully saturated rings. The highest BCUT2D eigenvalue weighted by molar-refractivity contribution is 5.59. The summed E-state index contributed by atoms with van der Waals surface area (Å²) in [7, 11) is 1.65. The molecular weight excluding hydrogens is 188 g/mol. The summed E-state index contributed by atoms with van der Waals surface area (Å²) >= 11 is 0. The van der Waals surface area contributed by atoms with E-state index in [0.29, 0.717) is 0 Å². The van der Waals surface area contributed by atoms with Gasteiger partial charge in [0.15, 0.2) is 0 Å². The molecule has 2 nitrogen and oxygen atoms in total. The lowest BCUT2D eigenvalue weighted by Crippen LogP contribution is -2.20. The fraction of sp³-hybridized carbons (Fsp3) is 0.462. The molecule has 0 heterocycles. The first-order valence-corrected chi connectivity index (χ1v) is 5.23. The number of carbonyl (C=O) groups excluding carboxylic acids is 1. The summed E-state index contributed by atoms with van der Waals surface area (Å²) in [4.78, 5) is 11.0. The Kier molecular flexibility index (Phi) is 3.89. The lowest BCUT2D eigenvalue weighted by atomic mass is 9.83. The van der Waals surface area contributed by atoms with Gasteiger partial charge in [-0.1, -0.05) is 26.0 Å². The number of methoxy groups -OCH3 is 1. The highest BCUT2D eigenvalue weighted by Gasteiger charge is 2.21. The Hall–Kier alpha value is -1.31. The van der Waals surface area contributed by atoms with Gasteiger partial charge in [0.25, 0.3) is 0 Å². The maximum atomic E-state index is 11.0. The molecule has 1 rings (SSSR count). The standard InChI is InChI=1S/C13H18O2/c1-4-13(2,10-14)9-11-5-7-12(15-3)8-6-11/h5-8,10H,4,9H2,1-3H3. The molecule has 1 aromatic rings. The van der Waals surface area contributed by atoms with E-state index < -0.39 is 0 Å². The minimum Gasteiger partial charge on any atom is -0.497 e. The van der Waals surface area contributed by atoms with Crippen molar-refractivity contribution >= 4 is 6.29 Å². The molecule has 82 valence electrons. The van der Waals surface area contributed by atoms with Crippen LogP contribution in [0.1, 0.15) is 25.8 Å². The lowest BCUT2D eigenvalue weighted by Gasteiger charge is -2.20. The Morgan fingerprint density at radius 1 is 1.33 bits per heavy atom. The molecule has 0 aliphatic heterocycles. The first-order chi connectivity index (χ1) is 7.13. The Bertz CT molecular complexity index is 316. The summed E-state index contributed by atoms with van der Waals surface area (Å²) in [5.41, 5.74) is 0.932. The van der Waals surface area contributed by atoms with E-state index in [0.717, 1.165) is 24.9 Å². The van der Waals surface area contributed by atoms with Gasteiger partial charge in [-0.25, -0.2) is 0 Å². The minimum atomic E-state index is -0.241.